The first-order valence-corrected chi connectivity index (χ1v) is 10.3. The van der Waals surface area contributed by atoms with E-state index in [9.17, 15) is 17.9 Å². The Morgan fingerprint density at radius 2 is 2.08 bits per heavy atom. The smallest absolute Gasteiger partial charge is 0.248 e. The maximum Gasteiger partial charge on any atom is 0.248 e. The van der Waals surface area contributed by atoms with E-state index in [2.05, 4.69) is 0 Å². The van der Waals surface area contributed by atoms with Gasteiger partial charge in [0, 0.05) is 5.39 Å². The predicted octanol–water partition coefficient (Wildman–Crippen LogP) is 4.61. The van der Waals surface area contributed by atoms with E-state index in [0.717, 1.165) is 24.3 Å². The first-order chi connectivity index (χ1) is 12.3. The van der Waals surface area contributed by atoms with Gasteiger partial charge < -0.3 is 5.11 Å². The van der Waals surface area contributed by atoms with E-state index in [0.29, 0.717) is 17.6 Å². The molecular weight excluding hydrogens is 353 g/mol. The summed E-state index contributed by atoms with van der Waals surface area (Å²) < 4.78 is 40.7. The van der Waals surface area contributed by atoms with Gasteiger partial charge in [-0.2, -0.15) is 0 Å². The molecule has 3 rings (SSSR count). The molecule has 2 unspecified atom stereocenters. The summed E-state index contributed by atoms with van der Waals surface area (Å²) in [5.41, 5.74) is 0.840. The number of nitrogens with zero attached hydrogens (tertiary/aromatic N) is 1. The lowest BCUT2D eigenvalue weighted by atomic mass is 10.0. The van der Waals surface area contributed by atoms with Crippen molar-refractivity contribution in [2.75, 3.05) is 0 Å². The number of aliphatic hydroxyl groups is 1. The largest absolute Gasteiger partial charge is 0.387 e. The van der Waals surface area contributed by atoms with Crippen LogP contribution in [-0.2, 0) is 10.0 Å². The molecule has 1 N–H and O–H groups in total. The van der Waals surface area contributed by atoms with Gasteiger partial charge in [-0.25, -0.2) is 16.8 Å². The monoisotopic (exact) mass is 377 g/mol. The number of para-hydroxylation sites is 1. The zero-order valence-corrected chi connectivity index (χ0v) is 15.8. The molecule has 0 spiro atoms. The summed E-state index contributed by atoms with van der Waals surface area (Å²) in [6.45, 7) is 3.53. The van der Waals surface area contributed by atoms with Crippen LogP contribution in [-0.4, -0.2) is 22.2 Å². The molecule has 1 heterocycles. The van der Waals surface area contributed by atoms with Gasteiger partial charge in [-0.3, -0.25) is 0 Å². The van der Waals surface area contributed by atoms with E-state index < -0.39 is 26.7 Å². The molecule has 0 saturated heterocycles. The Morgan fingerprint density at radius 1 is 1.35 bits per heavy atom. The van der Waals surface area contributed by atoms with Crippen LogP contribution in [0.15, 0.2) is 54.4 Å². The van der Waals surface area contributed by atoms with Crippen molar-refractivity contribution in [2.24, 2.45) is 0 Å². The van der Waals surface area contributed by atoms with Crippen LogP contribution in [0.2, 0.25) is 0 Å². The lowest BCUT2D eigenvalue weighted by molar-refractivity contribution is 0.159. The van der Waals surface area contributed by atoms with E-state index >= 15 is 0 Å². The van der Waals surface area contributed by atoms with Crippen molar-refractivity contribution in [3.63, 3.8) is 0 Å². The molecule has 0 aliphatic heterocycles. The summed E-state index contributed by atoms with van der Waals surface area (Å²) in [6.07, 6.45) is 5.42. The average Bonchev–Trinajstić information content (AvgIpc) is 2.99. The molecule has 26 heavy (non-hydrogen) atoms. The lowest BCUT2D eigenvalue weighted by Crippen LogP contribution is -2.39. The molecule has 0 amide bonds. The molecule has 2 atom stereocenters. The molecular formula is C20H24FNO3S. The Hall–Kier alpha value is -1.92. The van der Waals surface area contributed by atoms with Gasteiger partial charge in [-0.05, 0) is 44.1 Å². The van der Waals surface area contributed by atoms with Crippen molar-refractivity contribution in [3.8, 4) is 0 Å². The number of hydrogen-bond acceptors (Lipinski definition) is 3. The number of halogens is 1. The van der Waals surface area contributed by atoms with E-state index in [4.69, 9.17) is 0 Å². The average molecular weight is 377 g/mol. The molecule has 0 radical (unpaired) electrons. The lowest BCUT2D eigenvalue weighted by Gasteiger charge is -2.29. The molecule has 140 valence electrons. The minimum atomic E-state index is -3.99. The van der Waals surface area contributed by atoms with Crippen LogP contribution >= 0.6 is 0 Å². The minimum absolute atomic E-state index is 0.180. The zero-order chi connectivity index (χ0) is 18.9. The van der Waals surface area contributed by atoms with E-state index in [1.807, 2.05) is 19.1 Å². The number of aliphatic hydroxyl groups excluding tert-OH is 1. The topological polar surface area (TPSA) is 59.3 Å². The van der Waals surface area contributed by atoms with Gasteiger partial charge in [-0.1, -0.05) is 44.0 Å². The number of aromatic nitrogens is 1. The predicted molar refractivity (Wildman–Crippen MR) is 102 cm³/mol. The Kier molecular flexibility index (Phi) is 5.08. The van der Waals surface area contributed by atoms with Crippen LogP contribution < -0.4 is 0 Å². The molecule has 2 aromatic rings. The first-order valence-electron chi connectivity index (χ1n) is 8.88. The maximum atomic E-state index is 13.8. The minimum Gasteiger partial charge on any atom is -0.387 e. The normalized spacial score (nSPS) is 21.8. The van der Waals surface area contributed by atoms with Crippen LogP contribution in [0.25, 0.3) is 10.9 Å². The molecule has 6 heteroatoms. The standard InChI is InChI=1S/C20H24FNO3S/c1-3-4-11-19(23)18-13-15-8-5-6-10-17(15)22(18)26(24,25)20(2)12-7-9-16(21)14-20/h5-10,13-14,19,23H,3-4,11-12H2,1-2H3. The summed E-state index contributed by atoms with van der Waals surface area (Å²) in [5, 5.41) is 11.4. The highest BCUT2D eigenvalue weighted by Gasteiger charge is 2.41. The number of allylic oxidation sites excluding steroid dienone is 3. The second-order valence-electron chi connectivity index (χ2n) is 7.00. The van der Waals surface area contributed by atoms with Gasteiger partial charge in [-0.15, -0.1) is 0 Å². The number of rotatable bonds is 6. The fraction of sp³-hybridized carbons (Fsp3) is 0.400. The Bertz CT molecular complexity index is 974. The van der Waals surface area contributed by atoms with Crippen LogP contribution in [0, 0.1) is 0 Å². The molecule has 0 bridgehead atoms. The Balaban J connectivity index is 2.21. The zero-order valence-electron chi connectivity index (χ0n) is 15.0. The van der Waals surface area contributed by atoms with Gasteiger partial charge in [0.05, 0.1) is 17.3 Å². The summed E-state index contributed by atoms with van der Waals surface area (Å²) in [4.78, 5) is 0. The highest BCUT2D eigenvalue weighted by atomic mass is 32.2. The Morgan fingerprint density at radius 3 is 2.77 bits per heavy atom. The van der Waals surface area contributed by atoms with Crippen molar-refractivity contribution in [2.45, 2.75) is 50.4 Å². The van der Waals surface area contributed by atoms with Crippen molar-refractivity contribution >= 4 is 20.9 Å². The van der Waals surface area contributed by atoms with Crippen molar-refractivity contribution in [1.29, 1.82) is 0 Å². The van der Waals surface area contributed by atoms with E-state index in [-0.39, 0.29) is 6.42 Å². The molecule has 0 saturated carbocycles. The maximum absolute atomic E-state index is 13.8. The van der Waals surface area contributed by atoms with Gasteiger partial charge in [0.15, 0.2) is 0 Å². The van der Waals surface area contributed by atoms with Crippen LogP contribution in [0.5, 0.6) is 0 Å². The van der Waals surface area contributed by atoms with Crippen molar-refractivity contribution < 1.29 is 17.9 Å². The van der Waals surface area contributed by atoms with Crippen molar-refractivity contribution in [1.82, 2.24) is 3.97 Å². The highest BCUT2D eigenvalue weighted by molar-refractivity contribution is 7.91. The Labute approximate surface area is 153 Å². The van der Waals surface area contributed by atoms with Crippen LogP contribution in [0.1, 0.15) is 51.3 Å². The summed E-state index contributed by atoms with van der Waals surface area (Å²) in [6, 6.07) is 8.83. The van der Waals surface area contributed by atoms with Gasteiger partial charge in [0.1, 0.15) is 10.6 Å². The first kappa shape index (κ1) is 18.9. The second-order valence-corrected chi connectivity index (χ2v) is 9.25. The third kappa shape index (κ3) is 3.12. The molecule has 1 aromatic carbocycles. The number of benzene rings is 1. The quantitative estimate of drug-likeness (QED) is 0.799. The fourth-order valence-electron chi connectivity index (χ4n) is 3.39. The highest BCUT2D eigenvalue weighted by Crippen LogP contribution is 2.37. The molecule has 1 aliphatic carbocycles. The fourth-order valence-corrected chi connectivity index (χ4v) is 5.25. The number of hydrogen-bond donors (Lipinski definition) is 1. The van der Waals surface area contributed by atoms with Gasteiger partial charge in [0.25, 0.3) is 0 Å². The number of unbranched alkanes of at least 4 members (excludes halogenated alkanes) is 1. The van der Waals surface area contributed by atoms with Gasteiger partial charge >= 0.3 is 0 Å². The van der Waals surface area contributed by atoms with Crippen LogP contribution in [0.3, 0.4) is 0 Å². The summed E-state index contributed by atoms with van der Waals surface area (Å²) in [5.74, 6) is -0.563. The van der Waals surface area contributed by atoms with Crippen LogP contribution in [0.4, 0.5) is 4.39 Å². The third-order valence-electron chi connectivity index (χ3n) is 4.94. The summed E-state index contributed by atoms with van der Waals surface area (Å²) >= 11 is 0. The van der Waals surface area contributed by atoms with Crippen molar-refractivity contribution in [3.05, 3.63) is 60.1 Å². The molecule has 1 aromatic heterocycles. The molecule has 4 nitrogen and oxygen atoms in total. The summed E-state index contributed by atoms with van der Waals surface area (Å²) in [7, 11) is -3.99. The third-order valence-corrected chi connectivity index (χ3v) is 7.29. The van der Waals surface area contributed by atoms with E-state index in [1.165, 1.54) is 23.0 Å². The second kappa shape index (κ2) is 7.00. The van der Waals surface area contributed by atoms with E-state index in [1.54, 1.807) is 18.2 Å². The SMILES string of the molecule is CCCCC(O)c1cc2ccccc2n1S(=O)(=O)C1(C)C=C(F)C=CC1. The number of fused-ring (bicyclic) bond motifs is 1. The van der Waals surface area contributed by atoms with Gasteiger partial charge in [0.2, 0.25) is 10.0 Å². The molecule has 1 aliphatic rings. The molecule has 0 fully saturated rings.